The molecule has 2 fully saturated rings. The SMILES string of the molecule is Cc1nc(N2CCCCC2)cc(N2CCN(c3c(C)c(C)nc4ncnn34)CC2)n1. The van der Waals surface area contributed by atoms with Crippen LogP contribution in [0.5, 0.6) is 0 Å². The van der Waals surface area contributed by atoms with Crippen molar-refractivity contribution in [3.63, 3.8) is 0 Å². The quantitative estimate of drug-likeness (QED) is 0.654. The predicted octanol–water partition coefficient (Wildman–Crippen LogP) is 2.16. The Hall–Kier alpha value is -2.97. The summed E-state index contributed by atoms with van der Waals surface area (Å²) in [5, 5.41) is 4.41. The molecule has 2 saturated heterocycles. The largest absolute Gasteiger partial charge is 0.356 e. The number of fused-ring (bicyclic) bond motifs is 1. The first-order chi connectivity index (χ1) is 14.6. The van der Waals surface area contributed by atoms with Gasteiger partial charge in [0.25, 0.3) is 5.78 Å². The fraction of sp³-hybridized carbons (Fsp3) is 0.571. The Morgan fingerprint density at radius 3 is 2.07 bits per heavy atom. The third-order valence-corrected chi connectivity index (χ3v) is 6.27. The van der Waals surface area contributed by atoms with Crippen molar-refractivity contribution in [2.45, 2.75) is 40.0 Å². The van der Waals surface area contributed by atoms with E-state index in [1.54, 1.807) is 6.33 Å². The van der Waals surface area contributed by atoms with Gasteiger partial charge >= 0.3 is 0 Å². The maximum atomic E-state index is 4.76. The molecule has 0 amide bonds. The molecule has 3 aromatic heterocycles. The van der Waals surface area contributed by atoms with E-state index in [0.29, 0.717) is 5.78 Å². The molecule has 9 heteroatoms. The molecule has 0 N–H and O–H groups in total. The van der Waals surface area contributed by atoms with Gasteiger partial charge in [0, 0.05) is 56.6 Å². The van der Waals surface area contributed by atoms with Crippen LogP contribution in [0, 0.1) is 20.8 Å². The second-order valence-corrected chi connectivity index (χ2v) is 8.27. The highest BCUT2D eigenvalue weighted by molar-refractivity contribution is 5.56. The van der Waals surface area contributed by atoms with Gasteiger partial charge in [0.15, 0.2) is 0 Å². The van der Waals surface area contributed by atoms with Crippen LogP contribution in [0.1, 0.15) is 36.3 Å². The van der Waals surface area contributed by atoms with Gasteiger partial charge in [-0.2, -0.15) is 14.6 Å². The molecule has 0 unspecified atom stereocenters. The van der Waals surface area contributed by atoms with Crippen molar-refractivity contribution in [1.29, 1.82) is 0 Å². The van der Waals surface area contributed by atoms with Crippen LogP contribution >= 0.6 is 0 Å². The Bertz CT molecular complexity index is 1050. The van der Waals surface area contributed by atoms with E-state index in [-0.39, 0.29) is 0 Å². The molecule has 5 rings (SSSR count). The molecule has 30 heavy (non-hydrogen) atoms. The van der Waals surface area contributed by atoms with Crippen LogP contribution in [-0.2, 0) is 0 Å². The summed E-state index contributed by atoms with van der Waals surface area (Å²) in [4.78, 5) is 25.5. The van der Waals surface area contributed by atoms with Crippen LogP contribution in [0.15, 0.2) is 12.4 Å². The zero-order valence-electron chi connectivity index (χ0n) is 18.0. The van der Waals surface area contributed by atoms with Crippen molar-refractivity contribution >= 4 is 23.2 Å². The lowest BCUT2D eigenvalue weighted by Crippen LogP contribution is -2.48. The van der Waals surface area contributed by atoms with Crippen LogP contribution in [-0.4, -0.2) is 68.8 Å². The molecule has 0 bridgehead atoms. The number of anilines is 3. The molecule has 5 heterocycles. The summed E-state index contributed by atoms with van der Waals surface area (Å²) < 4.78 is 1.86. The topological polar surface area (TPSA) is 78.6 Å². The van der Waals surface area contributed by atoms with E-state index in [0.717, 1.165) is 73.8 Å². The van der Waals surface area contributed by atoms with Crippen LogP contribution in [0.25, 0.3) is 5.78 Å². The van der Waals surface area contributed by atoms with E-state index < -0.39 is 0 Å². The minimum Gasteiger partial charge on any atom is -0.356 e. The van der Waals surface area contributed by atoms with Crippen molar-refractivity contribution in [3.05, 3.63) is 29.5 Å². The van der Waals surface area contributed by atoms with E-state index in [9.17, 15) is 0 Å². The minimum atomic E-state index is 0.660. The third kappa shape index (κ3) is 3.42. The van der Waals surface area contributed by atoms with Gasteiger partial charge in [-0.05, 0) is 40.0 Å². The average molecular weight is 408 g/mol. The Kier molecular flexibility index (Phi) is 4.88. The summed E-state index contributed by atoms with van der Waals surface area (Å²) in [7, 11) is 0. The molecular formula is C21H29N9. The lowest BCUT2D eigenvalue weighted by Gasteiger charge is -2.37. The normalized spacial score (nSPS) is 17.8. The summed E-state index contributed by atoms with van der Waals surface area (Å²) >= 11 is 0. The number of nitrogens with zero attached hydrogens (tertiary/aromatic N) is 9. The highest BCUT2D eigenvalue weighted by Gasteiger charge is 2.24. The highest BCUT2D eigenvalue weighted by Crippen LogP contribution is 2.26. The molecule has 0 spiro atoms. The van der Waals surface area contributed by atoms with Gasteiger partial charge in [0.1, 0.15) is 29.6 Å². The monoisotopic (exact) mass is 407 g/mol. The lowest BCUT2D eigenvalue weighted by molar-refractivity contribution is 0.571. The Labute approximate surface area is 176 Å². The second-order valence-electron chi connectivity index (χ2n) is 8.27. The minimum absolute atomic E-state index is 0.660. The molecule has 2 aliphatic heterocycles. The molecular weight excluding hydrogens is 378 g/mol. The average Bonchev–Trinajstić information content (AvgIpc) is 3.23. The number of rotatable bonds is 3. The van der Waals surface area contributed by atoms with Gasteiger partial charge in [0.05, 0.1) is 0 Å². The second kappa shape index (κ2) is 7.70. The van der Waals surface area contributed by atoms with Crippen molar-refractivity contribution in [3.8, 4) is 0 Å². The van der Waals surface area contributed by atoms with Crippen LogP contribution in [0.4, 0.5) is 17.5 Å². The number of hydrogen-bond acceptors (Lipinski definition) is 8. The number of piperidine rings is 1. The van der Waals surface area contributed by atoms with Crippen LogP contribution in [0.3, 0.4) is 0 Å². The van der Waals surface area contributed by atoms with E-state index in [4.69, 9.17) is 9.97 Å². The summed E-state index contributed by atoms with van der Waals surface area (Å²) in [6.07, 6.45) is 5.39. The molecule has 0 aliphatic carbocycles. The Morgan fingerprint density at radius 1 is 0.733 bits per heavy atom. The van der Waals surface area contributed by atoms with Crippen molar-refractivity contribution in [2.24, 2.45) is 0 Å². The maximum absolute atomic E-state index is 4.76. The summed E-state index contributed by atoms with van der Waals surface area (Å²) in [6.45, 7) is 12.0. The zero-order chi connectivity index (χ0) is 20.7. The van der Waals surface area contributed by atoms with Crippen molar-refractivity contribution < 1.29 is 0 Å². The zero-order valence-corrected chi connectivity index (χ0v) is 18.0. The number of piperazine rings is 1. The maximum Gasteiger partial charge on any atom is 0.254 e. The molecule has 158 valence electrons. The van der Waals surface area contributed by atoms with Gasteiger partial charge in [-0.3, -0.25) is 0 Å². The fourth-order valence-electron chi connectivity index (χ4n) is 4.52. The van der Waals surface area contributed by atoms with Gasteiger partial charge in [0.2, 0.25) is 0 Å². The van der Waals surface area contributed by atoms with Crippen molar-refractivity contribution in [2.75, 3.05) is 54.0 Å². The summed E-state index contributed by atoms with van der Waals surface area (Å²) in [5.74, 6) is 4.72. The van der Waals surface area contributed by atoms with Gasteiger partial charge in [-0.15, -0.1) is 0 Å². The highest BCUT2D eigenvalue weighted by atomic mass is 15.4. The molecule has 2 aliphatic rings. The van der Waals surface area contributed by atoms with E-state index in [2.05, 4.69) is 42.8 Å². The molecule has 0 atom stereocenters. The smallest absolute Gasteiger partial charge is 0.254 e. The first-order valence-corrected chi connectivity index (χ1v) is 10.9. The summed E-state index contributed by atoms with van der Waals surface area (Å²) in [6, 6.07) is 2.17. The molecule has 0 radical (unpaired) electrons. The van der Waals surface area contributed by atoms with E-state index in [1.807, 2.05) is 18.4 Å². The molecule has 0 saturated carbocycles. The Balaban J connectivity index is 1.36. The van der Waals surface area contributed by atoms with Crippen LogP contribution < -0.4 is 14.7 Å². The molecule has 9 nitrogen and oxygen atoms in total. The first kappa shape index (κ1) is 19.0. The van der Waals surface area contributed by atoms with E-state index in [1.165, 1.54) is 19.3 Å². The molecule has 3 aromatic rings. The first-order valence-electron chi connectivity index (χ1n) is 10.9. The lowest BCUT2D eigenvalue weighted by atomic mass is 10.1. The summed E-state index contributed by atoms with van der Waals surface area (Å²) in [5.41, 5.74) is 2.16. The number of aromatic nitrogens is 6. The van der Waals surface area contributed by atoms with Gasteiger partial charge < -0.3 is 14.7 Å². The van der Waals surface area contributed by atoms with Gasteiger partial charge in [-0.1, -0.05) is 0 Å². The fourth-order valence-corrected chi connectivity index (χ4v) is 4.52. The van der Waals surface area contributed by atoms with Crippen molar-refractivity contribution in [1.82, 2.24) is 29.5 Å². The standard InChI is InChI=1S/C21H29N9/c1-15-16(2)24-21-22-14-23-30(21)20(15)29-11-9-28(10-12-29)19-13-18(25-17(3)26-19)27-7-5-4-6-8-27/h13-14H,4-12H2,1-3H3. The predicted molar refractivity (Wildman–Crippen MR) is 118 cm³/mol. The third-order valence-electron chi connectivity index (χ3n) is 6.27. The van der Waals surface area contributed by atoms with Crippen LogP contribution in [0.2, 0.25) is 0 Å². The van der Waals surface area contributed by atoms with Gasteiger partial charge in [-0.25, -0.2) is 15.0 Å². The van der Waals surface area contributed by atoms with E-state index >= 15 is 0 Å². The Morgan fingerprint density at radius 2 is 1.37 bits per heavy atom. The number of hydrogen-bond donors (Lipinski definition) is 0. The molecule has 0 aromatic carbocycles. The number of aryl methyl sites for hydroxylation is 2.